The minimum atomic E-state index is -0.176. The summed E-state index contributed by atoms with van der Waals surface area (Å²) in [4.78, 5) is 0. The van der Waals surface area contributed by atoms with Crippen molar-refractivity contribution >= 4 is 10.8 Å². The minimum absolute atomic E-state index is 0.152. The first-order chi connectivity index (χ1) is 14.3. The first-order valence-electron chi connectivity index (χ1n) is 11.0. The highest BCUT2D eigenvalue weighted by Crippen LogP contribution is 2.37. The van der Waals surface area contributed by atoms with E-state index in [1.54, 1.807) is 6.07 Å². The van der Waals surface area contributed by atoms with Crippen LogP contribution in [-0.2, 0) is 0 Å². The molecule has 0 aliphatic heterocycles. The quantitative estimate of drug-likeness (QED) is 0.487. The van der Waals surface area contributed by atoms with Gasteiger partial charge in [-0.05, 0) is 87.6 Å². The average Bonchev–Trinajstić information content (AvgIpc) is 3.16. The van der Waals surface area contributed by atoms with Crippen LogP contribution in [0, 0.1) is 5.82 Å². The normalized spacial score (nSPS) is 20.4. The van der Waals surface area contributed by atoms with E-state index < -0.39 is 0 Å². The first-order valence-corrected chi connectivity index (χ1v) is 11.0. The first kappa shape index (κ1) is 20.9. The molecule has 3 heteroatoms. The van der Waals surface area contributed by atoms with Gasteiger partial charge in [0.2, 0.25) is 0 Å². The Morgan fingerprint density at radius 2 is 1.63 bits per heavy atom. The van der Waals surface area contributed by atoms with Crippen molar-refractivity contribution in [2.45, 2.75) is 70.6 Å². The van der Waals surface area contributed by atoms with Crippen molar-refractivity contribution in [3.63, 3.8) is 0 Å². The molecule has 1 aliphatic carbocycles. The van der Waals surface area contributed by atoms with Crippen LogP contribution in [0.1, 0.15) is 70.0 Å². The van der Waals surface area contributed by atoms with Crippen LogP contribution < -0.4 is 10.1 Å². The Morgan fingerprint density at radius 3 is 2.33 bits per heavy atom. The van der Waals surface area contributed by atoms with Crippen LogP contribution in [0.5, 0.6) is 5.75 Å². The highest BCUT2D eigenvalue weighted by atomic mass is 19.1. The van der Waals surface area contributed by atoms with E-state index in [9.17, 15) is 4.39 Å². The number of halogens is 1. The fourth-order valence-electron chi connectivity index (χ4n) is 4.70. The van der Waals surface area contributed by atoms with Gasteiger partial charge >= 0.3 is 0 Å². The summed E-state index contributed by atoms with van der Waals surface area (Å²) >= 11 is 0. The van der Waals surface area contributed by atoms with Gasteiger partial charge in [0.05, 0.1) is 0 Å². The minimum Gasteiger partial charge on any atom is -0.488 e. The fraction of sp³-hybridized carbons (Fsp3) is 0.407. The molecule has 1 N–H and O–H groups in total. The second-order valence-corrected chi connectivity index (χ2v) is 9.56. The summed E-state index contributed by atoms with van der Waals surface area (Å²) in [5.74, 6) is 1.35. The van der Waals surface area contributed by atoms with Gasteiger partial charge in [-0.2, -0.15) is 0 Å². The molecule has 0 aromatic heterocycles. The number of nitrogens with one attached hydrogen (secondary N) is 1. The summed E-state index contributed by atoms with van der Waals surface area (Å²) in [6.45, 7) is 8.39. The van der Waals surface area contributed by atoms with Gasteiger partial charge < -0.3 is 10.1 Å². The Bertz CT molecular complexity index is 1010. The Morgan fingerprint density at radius 1 is 0.933 bits per heavy atom. The van der Waals surface area contributed by atoms with Crippen molar-refractivity contribution in [1.82, 2.24) is 5.32 Å². The van der Waals surface area contributed by atoms with E-state index in [2.05, 4.69) is 57.3 Å². The third-order valence-electron chi connectivity index (χ3n) is 6.06. The second kappa shape index (κ2) is 8.39. The molecule has 2 nitrogen and oxygen atoms in total. The van der Waals surface area contributed by atoms with Crippen LogP contribution in [0.3, 0.4) is 0 Å². The van der Waals surface area contributed by atoms with E-state index in [1.807, 2.05) is 30.3 Å². The molecule has 3 aromatic carbocycles. The maximum Gasteiger partial charge on any atom is 0.131 e. The van der Waals surface area contributed by atoms with Crippen LogP contribution in [0.15, 0.2) is 60.7 Å². The lowest BCUT2D eigenvalue weighted by Crippen LogP contribution is -2.29. The summed E-state index contributed by atoms with van der Waals surface area (Å²) < 4.78 is 20.1. The number of ether oxygens (including phenoxy) is 1. The number of hydrogen-bond donors (Lipinski definition) is 1. The summed E-state index contributed by atoms with van der Waals surface area (Å²) in [7, 11) is 0. The van der Waals surface area contributed by atoms with Crippen molar-refractivity contribution in [1.29, 1.82) is 0 Å². The molecule has 30 heavy (non-hydrogen) atoms. The molecule has 0 bridgehead atoms. The molecular formula is C27H32FNO. The molecule has 0 radical (unpaired) electrons. The Kier molecular flexibility index (Phi) is 5.84. The van der Waals surface area contributed by atoms with E-state index in [0.717, 1.165) is 24.0 Å². The van der Waals surface area contributed by atoms with E-state index >= 15 is 0 Å². The standard InChI is InChI=1S/C27H32FNO/c1-18(23-15-16-26(28)25-8-6-5-7-24(23)25)29-21-12-9-20(17-21)19-10-13-22(14-11-19)30-27(2,3)4/h5-8,10-11,13-16,18,20-21,29H,9,12,17H2,1-4H3/t18-,20-,21+/m1/s1. The van der Waals surface area contributed by atoms with Crippen LogP contribution in [0.25, 0.3) is 10.8 Å². The molecule has 1 saturated carbocycles. The van der Waals surface area contributed by atoms with E-state index in [-0.39, 0.29) is 17.5 Å². The topological polar surface area (TPSA) is 21.3 Å². The predicted molar refractivity (Wildman–Crippen MR) is 123 cm³/mol. The van der Waals surface area contributed by atoms with Crippen LogP contribution in [0.4, 0.5) is 4.39 Å². The SMILES string of the molecule is C[C@@H](N[C@H]1CC[C@@H](c2ccc(OC(C)(C)C)cc2)C1)c1ccc(F)c2ccccc12. The van der Waals surface area contributed by atoms with Crippen LogP contribution in [-0.4, -0.2) is 11.6 Å². The van der Waals surface area contributed by atoms with Crippen molar-refractivity contribution in [3.05, 3.63) is 77.6 Å². The average molecular weight is 406 g/mol. The molecule has 158 valence electrons. The summed E-state index contributed by atoms with van der Waals surface area (Å²) in [5.41, 5.74) is 2.38. The summed E-state index contributed by atoms with van der Waals surface area (Å²) in [6, 6.07) is 20.5. The van der Waals surface area contributed by atoms with Crippen molar-refractivity contribution < 1.29 is 9.13 Å². The number of fused-ring (bicyclic) bond motifs is 1. The monoisotopic (exact) mass is 405 g/mol. The third-order valence-corrected chi connectivity index (χ3v) is 6.06. The Balaban J connectivity index is 1.41. The number of hydrogen-bond acceptors (Lipinski definition) is 2. The highest BCUT2D eigenvalue weighted by molar-refractivity contribution is 5.86. The smallest absolute Gasteiger partial charge is 0.131 e. The van der Waals surface area contributed by atoms with E-state index in [4.69, 9.17) is 4.74 Å². The van der Waals surface area contributed by atoms with Crippen molar-refractivity contribution in [2.75, 3.05) is 0 Å². The van der Waals surface area contributed by atoms with Crippen LogP contribution in [0.2, 0.25) is 0 Å². The zero-order chi connectivity index (χ0) is 21.3. The lowest BCUT2D eigenvalue weighted by Gasteiger charge is -2.22. The largest absolute Gasteiger partial charge is 0.488 e. The molecule has 4 rings (SSSR count). The second-order valence-electron chi connectivity index (χ2n) is 9.56. The fourth-order valence-corrected chi connectivity index (χ4v) is 4.70. The molecule has 0 amide bonds. The zero-order valence-corrected chi connectivity index (χ0v) is 18.4. The molecule has 0 unspecified atom stereocenters. The summed E-state index contributed by atoms with van der Waals surface area (Å²) in [6.07, 6.45) is 3.48. The lowest BCUT2D eigenvalue weighted by molar-refractivity contribution is 0.131. The molecule has 1 fully saturated rings. The number of benzene rings is 3. The van der Waals surface area contributed by atoms with E-state index in [0.29, 0.717) is 17.3 Å². The molecular weight excluding hydrogens is 373 g/mol. The van der Waals surface area contributed by atoms with Gasteiger partial charge in [-0.15, -0.1) is 0 Å². The molecule has 0 heterocycles. The number of rotatable bonds is 5. The van der Waals surface area contributed by atoms with Gasteiger partial charge in [-0.25, -0.2) is 4.39 Å². The van der Waals surface area contributed by atoms with Gasteiger partial charge in [-0.3, -0.25) is 0 Å². The molecule has 0 spiro atoms. The highest BCUT2D eigenvalue weighted by Gasteiger charge is 2.27. The third kappa shape index (κ3) is 4.67. The van der Waals surface area contributed by atoms with Gasteiger partial charge in [0, 0.05) is 17.5 Å². The van der Waals surface area contributed by atoms with Gasteiger partial charge in [0.1, 0.15) is 17.2 Å². The van der Waals surface area contributed by atoms with E-state index in [1.165, 1.54) is 17.5 Å². The van der Waals surface area contributed by atoms with Crippen molar-refractivity contribution in [2.24, 2.45) is 0 Å². The van der Waals surface area contributed by atoms with Crippen LogP contribution >= 0.6 is 0 Å². The van der Waals surface area contributed by atoms with Crippen molar-refractivity contribution in [3.8, 4) is 5.75 Å². The predicted octanol–water partition coefficient (Wildman–Crippen LogP) is 7.14. The van der Waals surface area contributed by atoms with Gasteiger partial charge in [-0.1, -0.05) is 42.5 Å². The Hall–Kier alpha value is -2.39. The van der Waals surface area contributed by atoms with Gasteiger partial charge in [0.25, 0.3) is 0 Å². The molecule has 1 aliphatic rings. The Labute approximate surface area is 179 Å². The molecule has 0 saturated heterocycles. The maximum atomic E-state index is 14.2. The lowest BCUT2D eigenvalue weighted by atomic mass is 9.96. The zero-order valence-electron chi connectivity index (χ0n) is 18.4. The molecule has 3 atom stereocenters. The maximum absolute atomic E-state index is 14.2. The summed E-state index contributed by atoms with van der Waals surface area (Å²) in [5, 5.41) is 5.50. The van der Waals surface area contributed by atoms with Gasteiger partial charge in [0.15, 0.2) is 0 Å². The molecule has 3 aromatic rings.